The predicted molar refractivity (Wildman–Crippen MR) is 147 cm³/mol. The number of hydrogen-bond donors (Lipinski definition) is 2. The number of nitrogens with two attached hydrogens (primary N) is 1. The highest BCUT2D eigenvalue weighted by Gasteiger charge is 2.17. The lowest BCUT2D eigenvalue weighted by molar-refractivity contribution is 0.766. The Morgan fingerprint density at radius 3 is 2.57 bits per heavy atom. The summed E-state index contributed by atoms with van der Waals surface area (Å²) in [5.74, 6) is 1.88. The smallest absolute Gasteiger partial charge is 0.234 e. The van der Waals surface area contributed by atoms with Crippen LogP contribution in [0.5, 0.6) is 0 Å². The summed E-state index contributed by atoms with van der Waals surface area (Å²) in [5.41, 5.74) is 11.8. The van der Waals surface area contributed by atoms with Crippen molar-refractivity contribution in [2.45, 2.75) is 39.3 Å². The van der Waals surface area contributed by atoms with Crippen molar-refractivity contribution in [1.29, 1.82) is 0 Å². The molecule has 0 bridgehead atoms. The van der Waals surface area contributed by atoms with Crippen molar-refractivity contribution in [3.05, 3.63) is 89.9 Å². The molecule has 9 heteroatoms. The number of benzene rings is 2. The van der Waals surface area contributed by atoms with Crippen LogP contribution < -0.4 is 16.0 Å². The van der Waals surface area contributed by atoms with Crippen molar-refractivity contribution in [3.8, 4) is 11.3 Å². The van der Waals surface area contributed by atoms with Gasteiger partial charge >= 0.3 is 0 Å². The van der Waals surface area contributed by atoms with E-state index >= 15 is 0 Å². The van der Waals surface area contributed by atoms with Crippen molar-refractivity contribution >= 4 is 23.4 Å². The fraction of sp³-hybridized carbons (Fsp3) is 0.250. The fourth-order valence-corrected chi connectivity index (χ4v) is 4.31. The van der Waals surface area contributed by atoms with Gasteiger partial charge in [-0.3, -0.25) is 4.90 Å². The Hall–Kier alpha value is -4.37. The van der Waals surface area contributed by atoms with E-state index in [-0.39, 0.29) is 12.1 Å². The van der Waals surface area contributed by atoms with E-state index in [1.165, 1.54) is 11.9 Å². The van der Waals surface area contributed by atoms with Crippen LogP contribution in [0.3, 0.4) is 0 Å². The van der Waals surface area contributed by atoms with Crippen molar-refractivity contribution in [2.75, 3.05) is 17.3 Å². The minimum Gasteiger partial charge on any atom is -0.351 e. The van der Waals surface area contributed by atoms with Gasteiger partial charge in [-0.25, -0.2) is 15.0 Å². The predicted octanol–water partition coefficient (Wildman–Crippen LogP) is 4.72. The van der Waals surface area contributed by atoms with E-state index in [0.717, 1.165) is 28.9 Å². The van der Waals surface area contributed by atoms with Crippen LogP contribution in [-0.4, -0.2) is 42.6 Å². The highest BCUT2D eigenvalue weighted by Crippen LogP contribution is 2.26. The van der Waals surface area contributed by atoms with Gasteiger partial charge in [-0.2, -0.15) is 14.6 Å². The van der Waals surface area contributed by atoms with Crippen LogP contribution in [0, 0.1) is 6.92 Å². The second-order valence-corrected chi connectivity index (χ2v) is 9.37. The average molecular weight is 494 g/mol. The summed E-state index contributed by atoms with van der Waals surface area (Å²) in [6, 6.07) is 22.4. The highest BCUT2D eigenvalue weighted by molar-refractivity contribution is 5.67. The molecule has 5 aromatic rings. The Labute approximate surface area is 216 Å². The van der Waals surface area contributed by atoms with Crippen molar-refractivity contribution < 1.29 is 0 Å². The lowest BCUT2D eigenvalue weighted by atomic mass is 10.0. The number of aryl methyl sites for hydroxylation is 1. The van der Waals surface area contributed by atoms with Crippen LogP contribution >= 0.6 is 0 Å². The largest absolute Gasteiger partial charge is 0.351 e. The molecule has 0 saturated heterocycles. The molecule has 3 heterocycles. The SMILES string of the molecule is Cc1cc(N(C)c2nc(-c3ccccc3)cc3ncnn23)nc(N[C@@H](C)Cc2cccc([C@@H](C)N)c2)n1. The summed E-state index contributed by atoms with van der Waals surface area (Å²) in [7, 11) is 1.92. The summed E-state index contributed by atoms with van der Waals surface area (Å²) in [5, 5.41) is 7.85. The second kappa shape index (κ2) is 10.3. The third kappa shape index (κ3) is 5.41. The summed E-state index contributed by atoms with van der Waals surface area (Å²) >= 11 is 0. The van der Waals surface area contributed by atoms with Crippen LogP contribution in [-0.2, 0) is 6.42 Å². The van der Waals surface area contributed by atoms with E-state index in [0.29, 0.717) is 23.4 Å². The van der Waals surface area contributed by atoms with E-state index in [1.807, 2.05) is 68.3 Å². The number of nitrogens with zero attached hydrogens (tertiary/aromatic N) is 7. The van der Waals surface area contributed by atoms with E-state index in [2.05, 4.69) is 51.6 Å². The molecule has 0 aliphatic carbocycles. The number of aromatic nitrogens is 6. The zero-order chi connectivity index (χ0) is 25.9. The summed E-state index contributed by atoms with van der Waals surface area (Å²) in [6.45, 7) is 6.08. The van der Waals surface area contributed by atoms with Gasteiger partial charge in [0.1, 0.15) is 12.1 Å². The highest BCUT2D eigenvalue weighted by atomic mass is 15.4. The van der Waals surface area contributed by atoms with E-state index in [1.54, 1.807) is 4.52 Å². The maximum atomic E-state index is 6.06. The number of hydrogen-bond acceptors (Lipinski definition) is 8. The van der Waals surface area contributed by atoms with Gasteiger partial charge in [0.25, 0.3) is 0 Å². The number of anilines is 3. The first-order chi connectivity index (χ1) is 17.9. The Bertz CT molecular complexity index is 1510. The molecule has 0 fully saturated rings. The fourth-order valence-electron chi connectivity index (χ4n) is 4.31. The molecule has 2 atom stereocenters. The zero-order valence-corrected chi connectivity index (χ0v) is 21.5. The molecule has 0 amide bonds. The van der Waals surface area contributed by atoms with Gasteiger partial charge in [-0.15, -0.1) is 0 Å². The average Bonchev–Trinajstić information content (AvgIpc) is 3.37. The zero-order valence-electron chi connectivity index (χ0n) is 21.5. The first-order valence-electron chi connectivity index (χ1n) is 12.3. The maximum Gasteiger partial charge on any atom is 0.234 e. The first kappa shape index (κ1) is 24.3. The molecule has 0 spiro atoms. The third-order valence-electron chi connectivity index (χ3n) is 6.20. The van der Waals surface area contributed by atoms with Crippen molar-refractivity contribution in [3.63, 3.8) is 0 Å². The van der Waals surface area contributed by atoms with Crippen LogP contribution in [0.4, 0.5) is 17.7 Å². The van der Waals surface area contributed by atoms with Gasteiger partial charge < -0.3 is 11.1 Å². The first-order valence-corrected chi connectivity index (χ1v) is 12.3. The summed E-state index contributed by atoms with van der Waals surface area (Å²) in [4.78, 5) is 20.7. The van der Waals surface area contributed by atoms with Crippen LogP contribution in [0.25, 0.3) is 16.9 Å². The maximum absolute atomic E-state index is 6.06. The molecule has 0 radical (unpaired) electrons. The standard InChI is InChI=1S/C28H31N9/c1-18(13-21-9-8-12-23(15-21)20(3)29)32-27-33-19(2)14-26(35-27)36(4)28-34-24(22-10-6-5-7-11-22)16-25-30-17-31-37(25)28/h5-12,14-18,20H,13,29H2,1-4H3,(H,32,33,35)/t18-,20+/m0/s1. The topological polar surface area (TPSA) is 110 Å². The minimum atomic E-state index is 0.00636. The van der Waals surface area contributed by atoms with Crippen LogP contribution in [0.1, 0.15) is 36.7 Å². The molecule has 37 heavy (non-hydrogen) atoms. The van der Waals surface area contributed by atoms with Crippen LogP contribution in [0.15, 0.2) is 73.1 Å². The van der Waals surface area contributed by atoms with Crippen molar-refractivity contribution in [1.82, 2.24) is 29.5 Å². The normalized spacial score (nSPS) is 12.9. The van der Waals surface area contributed by atoms with Gasteiger partial charge in [0.2, 0.25) is 11.9 Å². The molecule has 0 unspecified atom stereocenters. The number of nitrogens with one attached hydrogen (secondary N) is 1. The van der Waals surface area contributed by atoms with Crippen LogP contribution in [0.2, 0.25) is 0 Å². The molecule has 0 saturated carbocycles. The third-order valence-corrected chi connectivity index (χ3v) is 6.20. The van der Waals surface area contributed by atoms with Crippen molar-refractivity contribution in [2.24, 2.45) is 5.73 Å². The van der Waals surface area contributed by atoms with Gasteiger partial charge in [-0.05, 0) is 38.3 Å². The Kier molecular flexibility index (Phi) is 6.78. The summed E-state index contributed by atoms with van der Waals surface area (Å²) < 4.78 is 1.71. The lowest BCUT2D eigenvalue weighted by Crippen LogP contribution is -2.22. The lowest BCUT2D eigenvalue weighted by Gasteiger charge is -2.21. The molecular formula is C28H31N9. The molecule has 2 aromatic carbocycles. The molecule has 0 aliphatic heterocycles. The van der Waals surface area contributed by atoms with E-state index in [9.17, 15) is 0 Å². The van der Waals surface area contributed by atoms with Gasteiger partial charge in [0, 0.05) is 42.5 Å². The molecule has 5 rings (SSSR count). The van der Waals surface area contributed by atoms with E-state index < -0.39 is 0 Å². The number of rotatable bonds is 8. The summed E-state index contributed by atoms with van der Waals surface area (Å²) in [6.07, 6.45) is 2.35. The van der Waals surface area contributed by atoms with Gasteiger partial charge in [-0.1, -0.05) is 54.6 Å². The molecule has 0 aliphatic rings. The van der Waals surface area contributed by atoms with E-state index in [4.69, 9.17) is 15.7 Å². The monoisotopic (exact) mass is 493 g/mol. The molecule has 9 nitrogen and oxygen atoms in total. The Morgan fingerprint density at radius 2 is 1.78 bits per heavy atom. The molecular weight excluding hydrogens is 462 g/mol. The quantitative estimate of drug-likeness (QED) is 0.319. The second-order valence-electron chi connectivity index (χ2n) is 9.37. The Balaban J connectivity index is 1.42. The van der Waals surface area contributed by atoms with Gasteiger partial charge in [0.15, 0.2) is 5.65 Å². The van der Waals surface area contributed by atoms with Gasteiger partial charge in [0.05, 0.1) is 5.69 Å². The molecule has 3 N–H and O–H groups in total. The molecule has 3 aromatic heterocycles. The Morgan fingerprint density at radius 1 is 0.973 bits per heavy atom. The molecule has 188 valence electrons. The minimum absolute atomic E-state index is 0.00636. The number of fused-ring (bicyclic) bond motifs is 1.